The van der Waals surface area contributed by atoms with E-state index in [4.69, 9.17) is 9.47 Å². The number of benzene rings is 1. The standard InChI is InChI=1S/C15H14O3/c1-10-12-8-5-9-13(14(12)18-15(10)16)17-11-6-3-2-4-7-11/h2-4,6-7H,5,8-9H2,1H3. The monoisotopic (exact) mass is 242 g/mol. The lowest BCUT2D eigenvalue weighted by molar-refractivity contribution is -0.133. The van der Waals surface area contributed by atoms with E-state index in [1.54, 1.807) is 0 Å². The molecule has 0 radical (unpaired) electrons. The molecule has 1 heterocycles. The van der Waals surface area contributed by atoms with E-state index in [0.29, 0.717) is 5.76 Å². The SMILES string of the molecule is CC1=C2CCCC(Oc3ccccc3)=C2OC1=O. The lowest BCUT2D eigenvalue weighted by atomic mass is 9.96. The summed E-state index contributed by atoms with van der Waals surface area (Å²) in [6.45, 7) is 1.82. The third-order valence-electron chi connectivity index (χ3n) is 3.30. The smallest absolute Gasteiger partial charge is 0.339 e. The molecule has 3 heteroatoms. The Balaban J connectivity index is 1.95. The summed E-state index contributed by atoms with van der Waals surface area (Å²) >= 11 is 0. The summed E-state index contributed by atoms with van der Waals surface area (Å²) in [4.78, 5) is 11.6. The van der Waals surface area contributed by atoms with E-state index in [9.17, 15) is 4.79 Å². The molecule has 0 aromatic heterocycles. The topological polar surface area (TPSA) is 35.5 Å². The van der Waals surface area contributed by atoms with Crippen molar-refractivity contribution < 1.29 is 14.3 Å². The van der Waals surface area contributed by atoms with E-state index < -0.39 is 0 Å². The second-order valence-electron chi connectivity index (χ2n) is 4.51. The van der Waals surface area contributed by atoms with Crippen molar-refractivity contribution in [2.45, 2.75) is 26.2 Å². The number of hydrogen-bond acceptors (Lipinski definition) is 3. The van der Waals surface area contributed by atoms with Crippen molar-refractivity contribution >= 4 is 5.97 Å². The predicted octanol–water partition coefficient (Wildman–Crippen LogP) is 3.33. The van der Waals surface area contributed by atoms with Gasteiger partial charge in [-0.05, 0) is 31.9 Å². The second-order valence-corrected chi connectivity index (χ2v) is 4.51. The minimum absolute atomic E-state index is 0.240. The number of ether oxygens (including phenoxy) is 2. The van der Waals surface area contributed by atoms with Gasteiger partial charge in [-0.3, -0.25) is 0 Å². The Labute approximate surface area is 106 Å². The molecule has 0 saturated carbocycles. The molecule has 0 unspecified atom stereocenters. The van der Waals surface area contributed by atoms with Crippen LogP contribution >= 0.6 is 0 Å². The first kappa shape index (κ1) is 11.1. The van der Waals surface area contributed by atoms with Crippen molar-refractivity contribution in [1.29, 1.82) is 0 Å². The Morgan fingerprint density at radius 2 is 1.94 bits per heavy atom. The van der Waals surface area contributed by atoms with Crippen LogP contribution in [-0.2, 0) is 9.53 Å². The Bertz CT molecular complexity index is 552. The van der Waals surface area contributed by atoms with Gasteiger partial charge < -0.3 is 9.47 Å². The molecule has 1 aromatic rings. The summed E-state index contributed by atoms with van der Waals surface area (Å²) in [7, 11) is 0. The molecular formula is C15H14O3. The average Bonchev–Trinajstić information content (AvgIpc) is 2.69. The van der Waals surface area contributed by atoms with E-state index in [1.165, 1.54) is 0 Å². The third kappa shape index (κ3) is 1.82. The Morgan fingerprint density at radius 3 is 2.72 bits per heavy atom. The number of fused-ring (bicyclic) bond motifs is 1. The maximum absolute atomic E-state index is 11.6. The highest BCUT2D eigenvalue weighted by molar-refractivity contribution is 5.94. The van der Waals surface area contributed by atoms with Gasteiger partial charge >= 0.3 is 5.97 Å². The molecule has 0 atom stereocenters. The quantitative estimate of drug-likeness (QED) is 0.746. The molecule has 1 aliphatic carbocycles. The van der Waals surface area contributed by atoms with Crippen LogP contribution in [-0.4, -0.2) is 5.97 Å². The van der Waals surface area contributed by atoms with Gasteiger partial charge in [0.25, 0.3) is 0 Å². The largest absolute Gasteiger partial charge is 0.458 e. The number of carbonyl (C=O) groups is 1. The minimum atomic E-state index is -0.240. The number of esters is 1. The van der Waals surface area contributed by atoms with Crippen LogP contribution in [0, 0.1) is 0 Å². The number of hydrogen-bond donors (Lipinski definition) is 0. The molecule has 0 N–H and O–H groups in total. The molecule has 92 valence electrons. The number of carbonyl (C=O) groups excluding carboxylic acids is 1. The molecule has 0 saturated heterocycles. The molecule has 3 nitrogen and oxygen atoms in total. The molecule has 0 spiro atoms. The van der Waals surface area contributed by atoms with Crippen LogP contribution in [0.1, 0.15) is 26.2 Å². The molecular weight excluding hydrogens is 228 g/mol. The van der Waals surface area contributed by atoms with Crippen LogP contribution in [0.2, 0.25) is 0 Å². The van der Waals surface area contributed by atoms with Gasteiger partial charge in [-0.15, -0.1) is 0 Å². The molecule has 0 fully saturated rings. The minimum Gasteiger partial charge on any atom is -0.458 e. The third-order valence-corrected chi connectivity index (χ3v) is 3.30. The van der Waals surface area contributed by atoms with Crippen molar-refractivity contribution in [3.63, 3.8) is 0 Å². The molecule has 1 aromatic carbocycles. The van der Waals surface area contributed by atoms with Crippen molar-refractivity contribution in [3.05, 3.63) is 53.0 Å². The Kier molecular flexibility index (Phi) is 2.67. The highest BCUT2D eigenvalue weighted by atomic mass is 16.6. The van der Waals surface area contributed by atoms with Crippen molar-refractivity contribution in [3.8, 4) is 5.75 Å². The molecule has 1 aliphatic heterocycles. The van der Waals surface area contributed by atoms with Crippen LogP contribution in [0.4, 0.5) is 0 Å². The van der Waals surface area contributed by atoms with Crippen LogP contribution < -0.4 is 4.74 Å². The molecule has 0 amide bonds. The van der Waals surface area contributed by atoms with Gasteiger partial charge in [-0.25, -0.2) is 4.79 Å². The predicted molar refractivity (Wildman–Crippen MR) is 66.7 cm³/mol. The van der Waals surface area contributed by atoms with E-state index in [1.807, 2.05) is 37.3 Å². The van der Waals surface area contributed by atoms with Gasteiger partial charge in [0.15, 0.2) is 5.76 Å². The summed E-state index contributed by atoms with van der Waals surface area (Å²) in [6.07, 6.45) is 2.71. The van der Waals surface area contributed by atoms with Gasteiger partial charge in [0.1, 0.15) is 11.5 Å². The molecule has 3 rings (SSSR count). The zero-order valence-electron chi connectivity index (χ0n) is 10.2. The maximum atomic E-state index is 11.6. The summed E-state index contributed by atoms with van der Waals surface area (Å²) < 4.78 is 11.1. The van der Waals surface area contributed by atoms with Crippen LogP contribution in [0.25, 0.3) is 0 Å². The van der Waals surface area contributed by atoms with Gasteiger partial charge in [0.05, 0.1) is 0 Å². The zero-order chi connectivity index (χ0) is 12.5. The molecule has 2 aliphatic rings. The van der Waals surface area contributed by atoms with Gasteiger partial charge in [0, 0.05) is 17.6 Å². The summed E-state index contributed by atoms with van der Waals surface area (Å²) in [6, 6.07) is 9.58. The fraction of sp³-hybridized carbons (Fsp3) is 0.267. The summed E-state index contributed by atoms with van der Waals surface area (Å²) in [5.41, 5.74) is 1.73. The lowest BCUT2D eigenvalue weighted by Gasteiger charge is -2.18. The molecule has 18 heavy (non-hydrogen) atoms. The summed E-state index contributed by atoms with van der Waals surface area (Å²) in [5.74, 6) is 1.96. The first-order valence-corrected chi connectivity index (χ1v) is 6.14. The normalized spacial score (nSPS) is 18.8. The van der Waals surface area contributed by atoms with Crippen molar-refractivity contribution in [2.75, 3.05) is 0 Å². The lowest BCUT2D eigenvalue weighted by Crippen LogP contribution is -2.08. The van der Waals surface area contributed by atoms with Crippen molar-refractivity contribution in [1.82, 2.24) is 0 Å². The van der Waals surface area contributed by atoms with Crippen LogP contribution in [0.3, 0.4) is 0 Å². The van der Waals surface area contributed by atoms with Gasteiger partial charge in [-0.2, -0.15) is 0 Å². The Hall–Kier alpha value is -2.03. The van der Waals surface area contributed by atoms with Gasteiger partial charge in [0.2, 0.25) is 0 Å². The second kappa shape index (κ2) is 4.33. The average molecular weight is 242 g/mol. The van der Waals surface area contributed by atoms with E-state index >= 15 is 0 Å². The highest BCUT2D eigenvalue weighted by Crippen LogP contribution is 2.38. The number of allylic oxidation sites excluding steroid dienone is 2. The van der Waals surface area contributed by atoms with E-state index in [0.717, 1.165) is 41.9 Å². The zero-order valence-corrected chi connectivity index (χ0v) is 10.2. The molecule has 0 bridgehead atoms. The first-order chi connectivity index (χ1) is 8.75. The number of para-hydroxylation sites is 1. The van der Waals surface area contributed by atoms with Crippen LogP contribution in [0.5, 0.6) is 5.75 Å². The van der Waals surface area contributed by atoms with Gasteiger partial charge in [-0.1, -0.05) is 18.2 Å². The van der Waals surface area contributed by atoms with E-state index in [2.05, 4.69) is 0 Å². The Morgan fingerprint density at radius 1 is 1.17 bits per heavy atom. The fourth-order valence-electron chi connectivity index (χ4n) is 2.32. The van der Waals surface area contributed by atoms with Crippen LogP contribution in [0.15, 0.2) is 53.0 Å². The summed E-state index contributed by atoms with van der Waals surface area (Å²) in [5, 5.41) is 0. The van der Waals surface area contributed by atoms with Crippen molar-refractivity contribution in [2.24, 2.45) is 0 Å². The number of rotatable bonds is 2. The first-order valence-electron chi connectivity index (χ1n) is 6.14. The van der Waals surface area contributed by atoms with E-state index in [-0.39, 0.29) is 5.97 Å². The highest BCUT2D eigenvalue weighted by Gasteiger charge is 2.32. The fourth-order valence-corrected chi connectivity index (χ4v) is 2.32. The maximum Gasteiger partial charge on any atom is 0.339 e.